The zero-order valence-corrected chi connectivity index (χ0v) is 15.4. The summed E-state index contributed by atoms with van der Waals surface area (Å²) >= 11 is 2.77. The van der Waals surface area contributed by atoms with Gasteiger partial charge in [-0.15, -0.1) is 10.2 Å². The van der Waals surface area contributed by atoms with Crippen LogP contribution in [0.5, 0.6) is 0 Å². The van der Waals surface area contributed by atoms with Gasteiger partial charge >= 0.3 is 0 Å². The van der Waals surface area contributed by atoms with Crippen LogP contribution in [-0.4, -0.2) is 32.9 Å². The fourth-order valence-corrected chi connectivity index (χ4v) is 3.47. The van der Waals surface area contributed by atoms with Gasteiger partial charge in [-0.25, -0.2) is 0 Å². The molecule has 0 bridgehead atoms. The summed E-state index contributed by atoms with van der Waals surface area (Å²) in [6.45, 7) is 11.4. The Hall–Kier alpha value is -1.33. The van der Waals surface area contributed by atoms with E-state index in [2.05, 4.69) is 26.9 Å². The lowest BCUT2D eigenvalue weighted by molar-refractivity contribution is -0.121. The Morgan fingerprint density at radius 1 is 1.32 bits per heavy atom. The van der Waals surface area contributed by atoms with Crippen LogP contribution in [0.25, 0.3) is 0 Å². The summed E-state index contributed by atoms with van der Waals surface area (Å²) in [6.07, 6.45) is 0. The summed E-state index contributed by atoms with van der Waals surface area (Å²) < 4.78 is 0.731. The van der Waals surface area contributed by atoms with Crippen LogP contribution in [0.4, 0.5) is 5.13 Å². The molecule has 0 radical (unpaired) electrons. The van der Waals surface area contributed by atoms with Crippen molar-refractivity contribution < 1.29 is 4.79 Å². The third-order valence-electron chi connectivity index (χ3n) is 3.24. The molecule has 1 heterocycles. The maximum atomic E-state index is 12.3. The molecule has 0 fully saturated rings. The summed E-state index contributed by atoms with van der Waals surface area (Å²) in [5, 5.41) is 23.8. The van der Waals surface area contributed by atoms with Gasteiger partial charge in [-0.05, 0) is 33.6 Å². The Morgan fingerprint density at radius 3 is 2.45 bits per heavy atom. The van der Waals surface area contributed by atoms with E-state index in [1.807, 2.05) is 27.7 Å². The van der Waals surface area contributed by atoms with E-state index in [4.69, 9.17) is 0 Å². The number of carbonyl (C=O) groups excluding carboxylic acids is 1. The predicted molar refractivity (Wildman–Crippen MR) is 91.0 cm³/mol. The number of rotatable bonds is 7. The van der Waals surface area contributed by atoms with Crippen molar-refractivity contribution in [2.24, 2.45) is 5.92 Å². The fourth-order valence-electron chi connectivity index (χ4n) is 1.43. The number of hydrogen-bond donors (Lipinski definition) is 2. The molecule has 0 aromatic carbocycles. The first kappa shape index (κ1) is 18.7. The number of aromatic nitrogens is 2. The summed E-state index contributed by atoms with van der Waals surface area (Å²) in [7, 11) is 0. The highest BCUT2D eigenvalue weighted by Gasteiger charge is 2.32. The van der Waals surface area contributed by atoms with Crippen molar-refractivity contribution in [3.63, 3.8) is 0 Å². The molecule has 122 valence electrons. The van der Waals surface area contributed by atoms with E-state index in [1.165, 1.54) is 23.1 Å². The molecule has 0 saturated carbocycles. The van der Waals surface area contributed by atoms with Crippen molar-refractivity contribution in [2.75, 3.05) is 5.32 Å². The van der Waals surface area contributed by atoms with Crippen LogP contribution < -0.4 is 10.6 Å². The third-order valence-corrected chi connectivity index (χ3v) is 5.27. The number of nitrogens with one attached hydrogen (secondary N) is 2. The normalized spacial score (nSPS) is 15.2. The highest BCUT2D eigenvalue weighted by Crippen LogP contribution is 2.29. The molecule has 0 unspecified atom stereocenters. The molecule has 0 aliphatic rings. The van der Waals surface area contributed by atoms with Crippen molar-refractivity contribution in [2.45, 2.75) is 62.7 Å². The Labute approximate surface area is 140 Å². The SMILES string of the molecule is CC(C)Nc1nnc(S[C@@H](C)C(=O)N[C@@](C)(C#N)C(C)C)s1. The molecular formula is C14H23N5OS2. The minimum Gasteiger partial charge on any atom is -0.358 e. The van der Waals surface area contributed by atoms with Gasteiger partial charge in [0.15, 0.2) is 4.34 Å². The summed E-state index contributed by atoms with van der Waals surface area (Å²) in [5.74, 6) is -0.140. The maximum Gasteiger partial charge on any atom is 0.234 e. The Kier molecular flexibility index (Phi) is 6.63. The highest BCUT2D eigenvalue weighted by atomic mass is 32.2. The summed E-state index contributed by atoms with van der Waals surface area (Å²) in [4.78, 5) is 12.3. The standard InChI is InChI=1S/C14H23N5OS2/c1-8(2)14(6,7-15)17-11(20)10(5)21-13-19-18-12(22-13)16-9(3)4/h8-10H,1-6H3,(H,16,18)(H,17,20)/t10-,14-/m0/s1. The van der Waals surface area contributed by atoms with Crippen molar-refractivity contribution in [1.82, 2.24) is 15.5 Å². The van der Waals surface area contributed by atoms with Gasteiger partial charge in [0.2, 0.25) is 11.0 Å². The zero-order chi connectivity index (χ0) is 16.9. The molecule has 0 aliphatic heterocycles. The number of amides is 1. The number of nitrogens with zero attached hydrogens (tertiary/aromatic N) is 3. The first-order chi connectivity index (χ1) is 10.2. The number of thioether (sulfide) groups is 1. The van der Waals surface area contributed by atoms with Crippen LogP contribution in [0, 0.1) is 17.2 Å². The zero-order valence-electron chi connectivity index (χ0n) is 13.8. The Balaban J connectivity index is 2.65. The first-order valence-corrected chi connectivity index (χ1v) is 8.87. The van der Waals surface area contributed by atoms with Gasteiger partial charge in [-0.2, -0.15) is 5.26 Å². The number of nitriles is 1. The lowest BCUT2D eigenvalue weighted by atomic mass is 9.90. The molecule has 8 heteroatoms. The molecule has 1 aromatic heterocycles. The lowest BCUT2D eigenvalue weighted by Crippen LogP contribution is -2.51. The minimum atomic E-state index is -0.864. The van der Waals surface area contributed by atoms with Crippen molar-refractivity contribution in [1.29, 1.82) is 5.26 Å². The van der Waals surface area contributed by atoms with E-state index < -0.39 is 5.54 Å². The second kappa shape index (κ2) is 7.79. The minimum absolute atomic E-state index is 0.0297. The third kappa shape index (κ3) is 5.14. The second-order valence-corrected chi connectivity index (χ2v) is 8.46. The van der Waals surface area contributed by atoms with Gasteiger partial charge < -0.3 is 10.6 Å². The van der Waals surface area contributed by atoms with E-state index in [0.29, 0.717) is 0 Å². The number of hydrogen-bond acceptors (Lipinski definition) is 7. The molecule has 1 amide bonds. The highest BCUT2D eigenvalue weighted by molar-refractivity contribution is 8.02. The lowest BCUT2D eigenvalue weighted by Gasteiger charge is -2.28. The average Bonchev–Trinajstić information content (AvgIpc) is 2.84. The average molecular weight is 342 g/mol. The molecule has 2 atom stereocenters. The number of carbonyl (C=O) groups is 1. The van der Waals surface area contributed by atoms with Gasteiger partial charge in [0.05, 0.1) is 11.3 Å². The monoisotopic (exact) mass is 341 g/mol. The van der Waals surface area contributed by atoms with Crippen LogP contribution >= 0.6 is 23.1 Å². The van der Waals surface area contributed by atoms with E-state index >= 15 is 0 Å². The molecule has 1 aromatic rings. The Bertz CT molecular complexity index is 552. The Morgan fingerprint density at radius 2 is 1.95 bits per heavy atom. The molecule has 0 aliphatic carbocycles. The summed E-state index contributed by atoms with van der Waals surface area (Å²) in [6, 6.07) is 2.46. The maximum absolute atomic E-state index is 12.3. The van der Waals surface area contributed by atoms with Crippen molar-refractivity contribution in [3.8, 4) is 6.07 Å². The molecule has 2 N–H and O–H groups in total. The van der Waals surface area contributed by atoms with Crippen molar-refractivity contribution in [3.05, 3.63) is 0 Å². The largest absolute Gasteiger partial charge is 0.358 e. The van der Waals surface area contributed by atoms with Gasteiger partial charge in [0.25, 0.3) is 0 Å². The molecule has 6 nitrogen and oxygen atoms in total. The molecule has 22 heavy (non-hydrogen) atoms. The molecular weight excluding hydrogens is 318 g/mol. The van der Waals surface area contributed by atoms with Gasteiger partial charge in [0, 0.05) is 6.04 Å². The van der Waals surface area contributed by atoms with Gasteiger partial charge in [-0.3, -0.25) is 4.79 Å². The van der Waals surface area contributed by atoms with Crippen molar-refractivity contribution >= 4 is 34.1 Å². The number of anilines is 1. The van der Waals surface area contributed by atoms with E-state index in [-0.39, 0.29) is 23.1 Å². The van der Waals surface area contributed by atoms with Crippen LogP contribution in [0.2, 0.25) is 0 Å². The molecule has 0 spiro atoms. The van der Waals surface area contributed by atoms with E-state index in [1.54, 1.807) is 13.8 Å². The van der Waals surface area contributed by atoms with Crippen LogP contribution in [0.1, 0.15) is 41.5 Å². The topological polar surface area (TPSA) is 90.7 Å². The smallest absolute Gasteiger partial charge is 0.234 e. The summed E-state index contributed by atoms with van der Waals surface area (Å²) in [5.41, 5.74) is -0.864. The van der Waals surface area contributed by atoms with E-state index in [0.717, 1.165) is 9.47 Å². The van der Waals surface area contributed by atoms with E-state index in [9.17, 15) is 10.1 Å². The van der Waals surface area contributed by atoms with Crippen LogP contribution in [0.3, 0.4) is 0 Å². The first-order valence-electron chi connectivity index (χ1n) is 7.18. The molecule has 0 saturated heterocycles. The van der Waals surface area contributed by atoms with Crippen LogP contribution in [0.15, 0.2) is 4.34 Å². The van der Waals surface area contributed by atoms with Gasteiger partial charge in [0.1, 0.15) is 5.54 Å². The van der Waals surface area contributed by atoms with Gasteiger partial charge in [-0.1, -0.05) is 36.9 Å². The molecule has 1 rings (SSSR count). The van der Waals surface area contributed by atoms with Crippen LogP contribution in [-0.2, 0) is 4.79 Å². The second-order valence-electron chi connectivity index (χ2n) is 5.89. The quantitative estimate of drug-likeness (QED) is 0.741. The predicted octanol–water partition coefficient (Wildman–Crippen LogP) is 2.89. The fraction of sp³-hybridized carbons (Fsp3) is 0.714.